The average molecular weight is 457 g/mol. The van der Waals surface area contributed by atoms with Gasteiger partial charge in [0.05, 0.1) is 43.2 Å². The molecule has 2 N–H and O–H groups in total. The molecule has 0 spiro atoms. The molecular formula is C22H23N3O8. The number of carbonyl (C=O) groups is 5. The predicted molar refractivity (Wildman–Crippen MR) is 113 cm³/mol. The topological polar surface area (TPSA) is 140 Å². The first-order valence-electron chi connectivity index (χ1n) is 10.2. The van der Waals surface area contributed by atoms with E-state index < -0.39 is 35.6 Å². The van der Waals surface area contributed by atoms with Crippen molar-refractivity contribution in [3.05, 3.63) is 29.3 Å². The van der Waals surface area contributed by atoms with Gasteiger partial charge in [0, 0.05) is 6.42 Å². The molecule has 2 heterocycles. The Balaban J connectivity index is 1.53. The van der Waals surface area contributed by atoms with Gasteiger partial charge in [0.15, 0.2) is 0 Å². The molecule has 2 aliphatic heterocycles. The molecule has 1 unspecified atom stereocenters. The minimum Gasteiger partial charge on any atom is -0.377 e. The Kier molecular flexibility index (Phi) is 8.26. The molecule has 2 aliphatic rings. The van der Waals surface area contributed by atoms with Gasteiger partial charge >= 0.3 is 0 Å². The van der Waals surface area contributed by atoms with Crippen LogP contribution in [0.1, 0.15) is 33.6 Å². The number of amides is 5. The fraction of sp³-hybridized carbons (Fsp3) is 0.409. The average Bonchev–Trinajstić information content (AvgIpc) is 3.04. The number of nitrogens with one attached hydrogen (secondary N) is 2. The zero-order valence-electron chi connectivity index (χ0n) is 17.8. The summed E-state index contributed by atoms with van der Waals surface area (Å²) in [5, 5.41) is 4.70. The molecule has 0 aliphatic carbocycles. The molecule has 0 saturated carbocycles. The van der Waals surface area contributed by atoms with Gasteiger partial charge in [0.1, 0.15) is 19.3 Å². The van der Waals surface area contributed by atoms with E-state index in [1.807, 2.05) is 0 Å². The summed E-state index contributed by atoms with van der Waals surface area (Å²) in [5.74, 6) is -0.711. The fourth-order valence-corrected chi connectivity index (χ4v) is 3.44. The first-order valence-corrected chi connectivity index (χ1v) is 10.2. The first-order chi connectivity index (χ1) is 15.9. The maximum Gasteiger partial charge on any atom is 0.264 e. The van der Waals surface area contributed by atoms with Gasteiger partial charge in [0.2, 0.25) is 17.7 Å². The van der Waals surface area contributed by atoms with Gasteiger partial charge in [-0.2, -0.15) is 0 Å². The molecule has 5 amide bonds. The number of hydrogen-bond acceptors (Lipinski definition) is 8. The number of fused-ring (bicyclic) bond motifs is 1. The number of imide groups is 2. The molecule has 174 valence electrons. The number of rotatable bonds is 11. The number of nitrogens with zero attached hydrogens (tertiary/aromatic N) is 1. The van der Waals surface area contributed by atoms with E-state index in [2.05, 4.69) is 16.6 Å². The Labute approximate surface area is 189 Å². The maximum absolute atomic E-state index is 13.0. The van der Waals surface area contributed by atoms with Gasteiger partial charge in [-0.25, -0.2) is 0 Å². The van der Waals surface area contributed by atoms with E-state index in [1.165, 1.54) is 18.2 Å². The van der Waals surface area contributed by atoms with Gasteiger partial charge < -0.3 is 19.5 Å². The van der Waals surface area contributed by atoms with Crippen LogP contribution in [0.5, 0.6) is 0 Å². The van der Waals surface area contributed by atoms with Crippen LogP contribution in [0.15, 0.2) is 18.2 Å². The minimum atomic E-state index is -1.08. The summed E-state index contributed by atoms with van der Waals surface area (Å²) in [4.78, 5) is 62.4. The Bertz CT molecular complexity index is 1000. The molecule has 1 saturated heterocycles. The molecule has 0 aromatic heterocycles. The number of carbonyl (C=O) groups excluding carboxylic acids is 5. The lowest BCUT2D eigenvalue weighted by Gasteiger charge is -2.27. The highest BCUT2D eigenvalue weighted by molar-refractivity contribution is 6.26. The SMILES string of the molecule is C#CCOCCOCCOCC(=O)Nc1cccc2c1C(=O)N(C1CCC(=O)NC1=O)C2=O. The first kappa shape index (κ1) is 24.1. The van der Waals surface area contributed by atoms with E-state index in [0.29, 0.717) is 13.2 Å². The number of hydrogen-bond donors (Lipinski definition) is 2. The largest absolute Gasteiger partial charge is 0.377 e. The number of anilines is 1. The molecule has 0 bridgehead atoms. The summed E-state index contributed by atoms with van der Waals surface area (Å²) in [6.07, 6.45) is 5.11. The number of terminal acetylenes is 1. The lowest BCUT2D eigenvalue weighted by atomic mass is 10.0. The number of benzene rings is 1. The summed E-state index contributed by atoms with van der Waals surface area (Å²) in [6.45, 7) is 1.03. The summed E-state index contributed by atoms with van der Waals surface area (Å²) < 4.78 is 15.6. The van der Waals surface area contributed by atoms with Crippen molar-refractivity contribution in [3.63, 3.8) is 0 Å². The van der Waals surface area contributed by atoms with Crippen LogP contribution >= 0.6 is 0 Å². The number of piperidine rings is 1. The standard InChI is InChI=1S/C22H23N3O8/c1-2-8-31-9-10-32-11-12-33-13-18(27)23-15-5-3-4-14-19(15)22(30)25(21(14)29)16-6-7-17(26)24-20(16)28/h1,3-5,16H,6-13H2,(H,23,27)(H,24,26,28). The second-order valence-electron chi connectivity index (χ2n) is 7.15. The second-order valence-corrected chi connectivity index (χ2v) is 7.15. The Morgan fingerprint density at radius 3 is 2.55 bits per heavy atom. The molecule has 3 rings (SSSR count). The summed E-state index contributed by atoms with van der Waals surface area (Å²) in [6, 6.07) is 3.36. The third-order valence-corrected chi connectivity index (χ3v) is 4.90. The zero-order chi connectivity index (χ0) is 23.8. The normalized spacial score (nSPS) is 17.5. The predicted octanol–water partition coefficient (Wildman–Crippen LogP) is -0.291. The molecule has 0 radical (unpaired) electrons. The molecule has 11 nitrogen and oxygen atoms in total. The second kappa shape index (κ2) is 11.3. The van der Waals surface area contributed by atoms with E-state index in [1.54, 1.807) is 0 Å². The van der Waals surface area contributed by atoms with E-state index in [9.17, 15) is 24.0 Å². The van der Waals surface area contributed by atoms with Crippen molar-refractivity contribution < 1.29 is 38.2 Å². The fourth-order valence-electron chi connectivity index (χ4n) is 3.44. The highest BCUT2D eigenvalue weighted by Gasteiger charge is 2.45. The van der Waals surface area contributed by atoms with E-state index >= 15 is 0 Å². The van der Waals surface area contributed by atoms with Crippen molar-refractivity contribution in [2.75, 3.05) is 45.0 Å². The summed E-state index contributed by atoms with van der Waals surface area (Å²) >= 11 is 0. The highest BCUT2D eigenvalue weighted by atomic mass is 16.5. The molecule has 11 heteroatoms. The Morgan fingerprint density at radius 1 is 1.09 bits per heavy atom. The molecule has 1 fully saturated rings. The lowest BCUT2D eigenvalue weighted by Crippen LogP contribution is -2.54. The van der Waals surface area contributed by atoms with Crippen molar-refractivity contribution >= 4 is 35.2 Å². The van der Waals surface area contributed by atoms with Crippen LogP contribution in [0.2, 0.25) is 0 Å². The van der Waals surface area contributed by atoms with Gasteiger partial charge in [-0.1, -0.05) is 12.0 Å². The van der Waals surface area contributed by atoms with Crippen LogP contribution in [-0.2, 0) is 28.6 Å². The molecule has 1 atom stereocenters. The molecule has 33 heavy (non-hydrogen) atoms. The van der Waals surface area contributed by atoms with Crippen molar-refractivity contribution in [1.29, 1.82) is 0 Å². The van der Waals surface area contributed by atoms with Crippen molar-refractivity contribution in [3.8, 4) is 12.3 Å². The monoisotopic (exact) mass is 457 g/mol. The number of ether oxygens (including phenoxy) is 3. The smallest absolute Gasteiger partial charge is 0.264 e. The molecule has 1 aromatic carbocycles. The van der Waals surface area contributed by atoms with Crippen LogP contribution in [0.4, 0.5) is 5.69 Å². The summed E-state index contributed by atoms with van der Waals surface area (Å²) in [5.41, 5.74) is 0.205. The molecular weight excluding hydrogens is 434 g/mol. The third kappa shape index (κ3) is 5.81. The van der Waals surface area contributed by atoms with Gasteiger partial charge in [-0.15, -0.1) is 6.42 Å². The minimum absolute atomic E-state index is 0.00384. The van der Waals surface area contributed by atoms with Crippen LogP contribution in [0, 0.1) is 12.3 Å². The van der Waals surface area contributed by atoms with Gasteiger partial charge in [0.25, 0.3) is 11.8 Å². The van der Waals surface area contributed by atoms with Crippen LogP contribution in [0.25, 0.3) is 0 Å². The van der Waals surface area contributed by atoms with Crippen molar-refractivity contribution in [2.45, 2.75) is 18.9 Å². The van der Waals surface area contributed by atoms with Crippen molar-refractivity contribution in [1.82, 2.24) is 10.2 Å². The van der Waals surface area contributed by atoms with Crippen LogP contribution in [0.3, 0.4) is 0 Å². The van der Waals surface area contributed by atoms with Crippen LogP contribution in [-0.4, -0.2) is 80.1 Å². The Hall–Kier alpha value is -3.59. The Morgan fingerprint density at radius 2 is 1.82 bits per heavy atom. The molecule has 1 aromatic rings. The third-order valence-electron chi connectivity index (χ3n) is 4.90. The van der Waals surface area contributed by atoms with E-state index in [4.69, 9.17) is 20.6 Å². The highest BCUT2D eigenvalue weighted by Crippen LogP contribution is 2.32. The van der Waals surface area contributed by atoms with Gasteiger partial charge in [-0.3, -0.25) is 34.2 Å². The zero-order valence-corrected chi connectivity index (χ0v) is 17.8. The van der Waals surface area contributed by atoms with Crippen molar-refractivity contribution in [2.24, 2.45) is 0 Å². The lowest BCUT2D eigenvalue weighted by molar-refractivity contribution is -0.136. The van der Waals surface area contributed by atoms with Gasteiger partial charge in [-0.05, 0) is 18.6 Å². The van der Waals surface area contributed by atoms with E-state index in [-0.39, 0.29) is 56.1 Å². The van der Waals surface area contributed by atoms with Crippen LogP contribution < -0.4 is 10.6 Å². The maximum atomic E-state index is 13.0. The quantitative estimate of drug-likeness (QED) is 0.262. The van der Waals surface area contributed by atoms with E-state index in [0.717, 1.165) is 4.90 Å². The summed E-state index contributed by atoms with van der Waals surface area (Å²) in [7, 11) is 0.